The van der Waals surface area contributed by atoms with Crippen LogP contribution in [0.3, 0.4) is 0 Å². The second-order valence-electron chi connectivity index (χ2n) is 11.7. The molecule has 0 spiro atoms. The average molecular weight is 381 g/mol. The van der Waals surface area contributed by atoms with Gasteiger partial charge in [-0.05, 0) is 90.6 Å². The molecule has 5 unspecified atom stereocenters. The zero-order valence-corrected chi connectivity index (χ0v) is 18.4. The molecule has 3 fully saturated rings. The van der Waals surface area contributed by atoms with E-state index in [1.807, 2.05) is 0 Å². The van der Waals surface area contributed by atoms with Gasteiger partial charge in [-0.1, -0.05) is 65.0 Å². The smallest absolute Gasteiger partial charge is 0.159 e. The fourth-order valence-corrected chi connectivity index (χ4v) is 8.50. The highest BCUT2D eigenvalue weighted by molar-refractivity contribution is 5.95. The van der Waals surface area contributed by atoms with Crippen LogP contribution in [0.5, 0.6) is 0 Å². The third-order valence-electron chi connectivity index (χ3n) is 10.5. The maximum atomic E-state index is 13.3. The highest BCUT2D eigenvalue weighted by Gasteiger charge is 2.60. The van der Waals surface area contributed by atoms with Crippen molar-refractivity contribution >= 4 is 5.78 Å². The van der Waals surface area contributed by atoms with Gasteiger partial charge in [0.1, 0.15) is 0 Å². The molecule has 0 N–H and O–H groups in total. The maximum absolute atomic E-state index is 13.3. The first-order chi connectivity index (χ1) is 13.4. The Morgan fingerprint density at radius 2 is 1.89 bits per heavy atom. The molecule has 0 aliphatic heterocycles. The first kappa shape index (κ1) is 19.1. The first-order valence-electron chi connectivity index (χ1n) is 12.4. The summed E-state index contributed by atoms with van der Waals surface area (Å²) >= 11 is 0. The second kappa shape index (κ2) is 6.85. The van der Waals surface area contributed by atoms with Crippen LogP contribution >= 0.6 is 0 Å². The molecule has 0 aromatic carbocycles. The van der Waals surface area contributed by atoms with E-state index < -0.39 is 0 Å². The van der Waals surface area contributed by atoms with Gasteiger partial charge in [-0.15, -0.1) is 0 Å². The third-order valence-corrected chi connectivity index (χ3v) is 10.5. The number of allylic oxidation sites excluding steroid dienone is 4. The third kappa shape index (κ3) is 2.74. The summed E-state index contributed by atoms with van der Waals surface area (Å²) in [7, 11) is 0. The lowest BCUT2D eigenvalue weighted by atomic mass is 9.47. The Morgan fingerprint density at radius 3 is 2.64 bits per heavy atom. The molecule has 1 nitrogen and oxygen atoms in total. The first-order valence-corrected chi connectivity index (χ1v) is 12.4. The lowest BCUT2D eigenvalue weighted by Crippen LogP contribution is -2.52. The fraction of sp³-hybridized carbons (Fsp3) is 0.815. The van der Waals surface area contributed by atoms with Crippen molar-refractivity contribution < 1.29 is 4.79 Å². The van der Waals surface area contributed by atoms with Gasteiger partial charge in [0.25, 0.3) is 0 Å². The highest BCUT2D eigenvalue weighted by atomic mass is 16.1. The predicted octanol–water partition coefficient (Wildman–Crippen LogP) is 7.13. The fourth-order valence-electron chi connectivity index (χ4n) is 8.50. The maximum Gasteiger partial charge on any atom is 0.159 e. The van der Waals surface area contributed by atoms with E-state index in [1.165, 1.54) is 76.2 Å². The Labute approximate surface area is 172 Å². The van der Waals surface area contributed by atoms with Gasteiger partial charge in [0.05, 0.1) is 0 Å². The van der Waals surface area contributed by atoms with Crippen molar-refractivity contribution in [3.05, 3.63) is 23.8 Å². The molecule has 0 aromatic rings. The van der Waals surface area contributed by atoms with Crippen molar-refractivity contribution in [2.45, 2.75) is 91.4 Å². The van der Waals surface area contributed by atoms with Crippen molar-refractivity contribution in [2.75, 3.05) is 0 Å². The van der Waals surface area contributed by atoms with E-state index in [2.05, 4.69) is 39.0 Å². The van der Waals surface area contributed by atoms with E-state index in [0.29, 0.717) is 29.0 Å². The van der Waals surface area contributed by atoms with Crippen LogP contribution in [-0.4, -0.2) is 5.78 Å². The van der Waals surface area contributed by atoms with E-state index in [4.69, 9.17) is 0 Å². The van der Waals surface area contributed by atoms with Gasteiger partial charge in [0, 0.05) is 5.92 Å². The van der Waals surface area contributed by atoms with Crippen LogP contribution in [0.1, 0.15) is 91.4 Å². The Bertz CT molecular complexity index is 697. The Kier molecular flexibility index (Phi) is 4.68. The van der Waals surface area contributed by atoms with E-state index in [1.54, 1.807) is 0 Å². The van der Waals surface area contributed by atoms with Gasteiger partial charge >= 0.3 is 0 Å². The number of hydrogen-bond donors (Lipinski definition) is 0. The summed E-state index contributed by atoms with van der Waals surface area (Å²) in [4.78, 5) is 13.3. The molecule has 0 saturated heterocycles. The molecule has 5 aliphatic carbocycles. The topological polar surface area (TPSA) is 17.1 Å². The molecule has 0 heterocycles. The normalized spacial score (nSPS) is 46.2. The number of carbonyl (C=O) groups is 1. The highest BCUT2D eigenvalue weighted by Crippen LogP contribution is 2.66. The molecular formula is C27H40O. The molecule has 0 radical (unpaired) electrons. The second-order valence-corrected chi connectivity index (χ2v) is 11.7. The summed E-state index contributed by atoms with van der Waals surface area (Å²) < 4.78 is 0. The minimum atomic E-state index is 0.253. The molecule has 5 rings (SSSR count). The number of hydrogen-bond acceptors (Lipinski definition) is 1. The number of rotatable bonds is 4. The van der Waals surface area contributed by atoms with E-state index >= 15 is 0 Å². The lowest BCUT2D eigenvalue weighted by Gasteiger charge is -2.56. The van der Waals surface area contributed by atoms with Crippen LogP contribution in [0.25, 0.3) is 0 Å². The standard InChI is InChI=1S/C27H40O/c1-18(10-11-19-7-6-8-19)21-12-13-22-25-23(14-16-27(21,22)3)26(2)15-5-4-9-20(26)17-24(25)28/h4,9,17-19,21-23,25H,5-8,10-16H2,1-3H3/t18?,21?,22?,23?,25?,26-,27+/m0/s1. The molecule has 1 heteroatoms. The summed E-state index contributed by atoms with van der Waals surface area (Å²) in [5.74, 6) is 4.72. The van der Waals surface area contributed by atoms with Crippen LogP contribution in [0.4, 0.5) is 0 Å². The monoisotopic (exact) mass is 380 g/mol. The van der Waals surface area contributed by atoms with Crippen molar-refractivity contribution in [3.63, 3.8) is 0 Å². The minimum Gasteiger partial charge on any atom is -0.295 e. The quantitative estimate of drug-likeness (QED) is 0.507. The van der Waals surface area contributed by atoms with Crippen LogP contribution < -0.4 is 0 Å². The summed E-state index contributed by atoms with van der Waals surface area (Å²) in [5.41, 5.74) is 2.00. The zero-order chi connectivity index (χ0) is 19.5. The van der Waals surface area contributed by atoms with Gasteiger partial charge in [0.15, 0.2) is 5.78 Å². The summed E-state index contributed by atoms with van der Waals surface area (Å²) in [5, 5.41) is 0. The SMILES string of the molecule is CC(CCC1CCC1)C1CCC2C3C(=O)C=C4C=CCC[C@]4(C)C3CC[C@]12C. The van der Waals surface area contributed by atoms with Crippen molar-refractivity contribution in [2.24, 2.45) is 46.3 Å². The van der Waals surface area contributed by atoms with Gasteiger partial charge in [-0.3, -0.25) is 4.79 Å². The average Bonchev–Trinajstić information content (AvgIpc) is 2.98. The minimum absolute atomic E-state index is 0.253. The summed E-state index contributed by atoms with van der Waals surface area (Å²) in [6.07, 6.45) is 21.7. The van der Waals surface area contributed by atoms with Crippen molar-refractivity contribution in [1.82, 2.24) is 0 Å². The number of fused-ring (bicyclic) bond motifs is 5. The van der Waals surface area contributed by atoms with Gasteiger partial charge in [0.2, 0.25) is 0 Å². The summed E-state index contributed by atoms with van der Waals surface area (Å²) in [6, 6.07) is 0. The molecular weight excluding hydrogens is 340 g/mol. The van der Waals surface area contributed by atoms with E-state index in [-0.39, 0.29) is 5.41 Å². The Hall–Kier alpha value is -0.850. The van der Waals surface area contributed by atoms with Crippen molar-refractivity contribution in [3.8, 4) is 0 Å². The molecule has 0 aromatic heterocycles. The molecule has 28 heavy (non-hydrogen) atoms. The molecule has 154 valence electrons. The summed E-state index contributed by atoms with van der Waals surface area (Å²) in [6.45, 7) is 7.60. The van der Waals surface area contributed by atoms with Crippen LogP contribution in [0, 0.1) is 46.3 Å². The Balaban J connectivity index is 1.38. The molecule has 3 saturated carbocycles. The van der Waals surface area contributed by atoms with Gasteiger partial charge in [-0.25, -0.2) is 0 Å². The largest absolute Gasteiger partial charge is 0.295 e. The zero-order valence-electron chi connectivity index (χ0n) is 18.4. The predicted molar refractivity (Wildman–Crippen MR) is 116 cm³/mol. The van der Waals surface area contributed by atoms with Gasteiger partial charge in [-0.2, -0.15) is 0 Å². The van der Waals surface area contributed by atoms with Crippen LogP contribution in [-0.2, 0) is 4.79 Å². The molecule has 0 amide bonds. The van der Waals surface area contributed by atoms with E-state index in [0.717, 1.165) is 17.8 Å². The number of carbonyl (C=O) groups excluding carboxylic acids is 1. The molecule has 0 bridgehead atoms. The van der Waals surface area contributed by atoms with Crippen molar-refractivity contribution in [1.29, 1.82) is 0 Å². The van der Waals surface area contributed by atoms with Gasteiger partial charge < -0.3 is 0 Å². The molecule has 7 atom stereocenters. The Morgan fingerprint density at radius 1 is 1.07 bits per heavy atom. The van der Waals surface area contributed by atoms with Crippen LogP contribution in [0.15, 0.2) is 23.8 Å². The number of ketones is 1. The lowest BCUT2D eigenvalue weighted by molar-refractivity contribution is -0.133. The van der Waals surface area contributed by atoms with E-state index in [9.17, 15) is 4.79 Å². The molecule has 5 aliphatic rings. The van der Waals surface area contributed by atoms with Crippen LogP contribution in [0.2, 0.25) is 0 Å².